The van der Waals surface area contributed by atoms with Gasteiger partial charge in [-0.1, -0.05) is 6.92 Å². The van der Waals surface area contributed by atoms with Gasteiger partial charge in [0.1, 0.15) is 0 Å². The molecule has 2 aliphatic heterocycles. The zero-order valence-corrected chi connectivity index (χ0v) is 12.1. The second kappa shape index (κ2) is 5.67. The fraction of sp³-hybridized carbons (Fsp3) is 0.600. The van der Waals surface area contributed by atoms with Crippen LogP contribution in [0.1, 0.15) is 26.2 Å². The van der Waals surface area contributed by atoms with Gasteiger partial charge in [-0.05, 0) is 37.9 Å². The normalized spacial score (nSPS) is 20.8. The summed E-state index contributed by atoms with van der Waals surface area (Å²) in [6.45, 7) is 5.03. The Hall–Kier alpha value is -1.56. The summed E-state index contributed by atoms with van der Waals surface area (Å²) < 4.78 is 34.9. The summed E-state index contributed by atoms with van der Waals surface area (Å²) in [6, 6.07) is 5.55. The Morgan fingerprint density at radius 2 is 1.95 bits per heavy atom. The van der Waals surface area contributed by atoms with Crippen LogP contribution in [0.15, 0.2) is 18.2 Å². The minimum atomic E-state index is -3.54. The summed E-state index contributed by atoms with van der Waals surface area (Å²) in [5.74, 6) is 0.215. The molecule has 3 rings (SSSR count). The van der Waals surface area contributed by atoms with E-state index in [1.807, 2.05) is 6.07 Å². The van der Waals surface area contributed by atoms with E-state index in [0.717, 1.165) is 44.6 Å². The molecule has 6 heteroatoms. The number of hydrogen-bond donors (Lipinski definition) is 1. The van der Waals surface area contributed by atoms with Crippen LogP contribution >= 0.6 is 0 Å². The molecule has 0 radical (unpaired) electrons. The predicted octanol–water partition coefficient (Wildman–Crippen LogP) is 2.98. The van der Waals surface area contributed by atoms with Gasteiger partial charge in [0, 0.05) is 30.9 Å². The molecule has 1 aromatic rings. The summed E-state index contributed by atoms with van der Waals surface area (Å²) in [6.07, 6.45) is -0.288. The van der Waals surface area contributed by atoms with Crippen molar-refractivity contribution in [3.63, 3.8) is 0 Å². The minimum absolute atomic E-state index is 0.100. The van der Waals surface area contributed by atoms with Gasteiger partial charge in [-0.2, -0.15) is 0 Å². The lowest BCUT2D eigenvalue weighted by Crippen LogP contribution is -2.42. The Morgan fingerprint density at radius 3 is 2.67 bits per heavy atom. The van der Waals surface area contributed by atoms with Gasteiger partial charge in [0.05, 0.1) is 0 Å². The van der Waals surface area contributed by atoms with Gasteiger partial charge in [0.2, 0.25) is 0 Å². The highest BCUT2D eigenvalue weighted by atomic mass is 19.3. The van der Waals surface area contributed by atoms with Gasteiger partial charge in [-0.25, -0.2) is 0 Å². The Morgan fingerprint density at radius 1 is 1.24 bits per heavy atom. The average Bonchev–Trinajstić information content (AvgIpc) is 2.78. The summed E-state index contributed by atoms with van der Waals surface area (Å²) in [5, 5.41) is 3.53. The van der Waals surface area contributed by atoms with Crippen LogP contribution in [0.3, 0.4) is 0 Å². The first-order chi connectivity index (χ1) is 10.1. The van der Waals surface area contributed by atoms with Crippen LogP contribution in [0.4, 0.5) is 14.5 Å². The van der Waals surface area contributed by atoms with Crippen molar-refractivity contribution >= 4 is 5.69 Å². The first-order valence-electron chi connectivity index (χ1n) is 7.45. The number of anilines is 1. The summed E-state index contributed by atoms with van der Waals surface area (Å²) in [5.41, 5.74) is 0.906. The smallest absolute Gasteiger partial charge is 0.395 e. The second-order valence-electron chi connectivity index (χ2n) is 5.51. The van der Waals surface area contributed by atoms with Crippen LogP contribution in [-0.2, 0) is 0 Å². The van der Waals surface area contributed by atoms with Crippen LogP contribution in [0, 0.1) is 0 Å². The van der Waals surface area contributed by atoms with E-state index in [0.29, 0.717) is 6.04 Å². The molecule has 0 atom stereocenters. The van der Waals surface area contributed by atoms with Crippen LogP contribution in [0.2, 0.25) is 0 Å². The number of hydrogen-bond acceptors (Lipinski definition) is 4. The van der Waals surface area contributed by atoms with E-state index in [2.05, 4.69) is 26.6 Å². The number of benzene rings is 1. The predicted molar refractivity (Wildman–Crippen MR) is 76.2 cm³/mol. The van der Waals surface area contributed by atoms with E-state index in [4.69, 9.17) is 0 Å². The Bertz CT molecular complexity index is 502. The Balaban J connectivity index is 1.62. The van der Waals surface area contributed by atoms with Crippen molar-refractivity contribution in [1.82, 2.24) is 5.32 Å². The maximum absolute atomic E-state index is 13.0. The lowest BCUT2D eigenvalue weighted by atomic mass is 10.0. The highest BCUT2D eigenvalue weighted by Crippen LogP contribution is 2.43. The Kier molecular flexibility index (Phi) is 3.89. The summed E-state index contributed by atoms with van der Waals surface area (Å²) in [4.78, 5) is 2.20. The average molecular weight is 298 g/mol. The fourth-order valence-corrected chi connectivity index (χ4v) is 2.82. The number of ether oxygens (including phenoxy) is 2. The summed E-state index contributed by atoms with van der Waals surface area (Å²) >= 11 is 0. The SMILES string of the molecule is CCCNC1CCN(c2ccc3c(c2)OC(F)(F)O3)CC1. The van der Waals surface area contributed by atoms with Crippen LogP contribution in [-0.4, -0.2) is 32.0 Å². The molecule has 116 valence electrons. The number of nitrogens with zero attached hydrogens (tertiary/aromatic N) is 1. The van der Waals surface area contributed by atoms with Crippen molar-refractivity contribution < 1.29 is 18.3 Å². The van der Waals surface area contributed by atoms with Crippen molar-refractivity contribution in [3.8, 4) is 11.5 Å². The standard InChI is InChI=1S/C15H20F2N2O2/c1-2-7-18-11-5-8-19(9-6-11)12-3-4-13-14(10-12)21-15(16,17)20-13/h3-4,10-11,18H,2,5-9H2,1H3. The third kappa shape index (κ3) is 3.20. The first kappa shape index (κ1) is 14.4. The molecule has 1 fully saturated rings. The van der Waals surface area contributed by atoms with Gasteiger partial charge >= 0.3 is 6.29 Å². The van der Waals surface area contributed by atoms with E-state index in [9.17, 15) is 8.78 Å². The lowest BCUT2D eigenvalue weighted by molar-refractivity contribution is -0.286. The highest BCUT2D eigenvalue weighted by molar-refractivity contribution is 5.57. The topological polar surface area (TPSA) is 33.7 Å². The van der Waals surface area contributed by atoms with E-state index in [1.54, 1.807) is 12.1 Å². The van der Waals surface area contributed by atoms with Crippen molar-refractivity contribution in [2.24, 2.45) is 0 Å². The molecule has 0 saturated carbocycles. The molecule has 0 aliphatic carbocycles. The number of alkyl halides is 2. The van der Waals surface area contributed by atoms with Gasteiger partial charge < -0.3 is 19.7 Å². The molecule has 0 amide bonds. The van der Waals surface area contributed by atoms with E-state index in [1.165, 1.54) is 0 Å². The quantitative estimate of drug-likeness (QED) is 0.926. The van der Waals surface area contributed by atoms with Crippen LogP contribution < -0.4 is 19.7 Å². The van der Waals surface area contributed by atoms with Gasteiger partial charge in [0.15, 0.2) is 11.5 Å². The number of nitrogens with one attached hydrogen (secondary N) is 1. The maximum Gasteiger partial charge on any atom is 0.586 e. The van der Waals surface area contributed by atoms with E-state index >= 15 is 0 Å². The van der Waals surface area contributed by atoms with E-state index in [-0.39, 0.29) is 11.5 Å². The summed E-state index contributed by atoms with van der Waals surface area (Å²) in [7, 11) is 0. The molecular weight excluding hydrogens is 278 g/mol. The van der Waals surface area contributed by atoms with Gasteiger partial charge in [-0.3, -0.25) is 0 Å². The van der Waals surface area contributed by atoms with Gasteiger partial charge in [-0.15, -0.1) is 8.78 Å². The number of halogens is 2. The third-order valence-corrected chi connectivity index (χ3v) is 3.93. The molecule has 1 aromatic carbocycles. The van der Waals surface area contributed by atoms with Crippen molar-refractivity contribution in [1.29, 1.82) is 0 Å². The number of rotatable bonds is 4. The minimum Gasteiger partial charge on any atom is -0.395 e. The van der Waals surface area contributed by atoms with Crippen LogP contribution in [0.25, 0.3) is 0 Å². The first-order valence-corrected chi connectivity index (χ1v) is 7.45. The molecule has 0 unspecified atom stereocenters. The number of piperidine rings is 1. The maximum atomic E-state index is 13.0. The van der Waals surface area contributed by atoms with Gasteiger partial charge in [0.25, 0.3) is 0 Å². The van der Waals surface area contributed by atoms with E-state index < -0.39 is 6.29 Å². The molecule has 1 N–H and O–H groups in total. The van der Waals surface area contributed by atoms with Crippen molar-refractivity contribution in [2.75, 3.05) is 24.5 Å². The molecule has 4 nitrogen and oxygen atoms in total. The molecular formula is C15H20F2N2O2. The molecule has 0 spiro atoms. The molecule has 1 saturated heterocycles. The molecule has 21 heavy (non-hydrogen) atoms. The highest BCUT2D eigenvalue weighted by Gasteiger charge is 2.43. The van der Waals surface area contributed by atoms with Crippen molar-refractivity contribution in [3.05, 3.63) is 18.2 Å². The lowest BCUT2D eigenvalue weighted by Gasteiger charge is -2.34. The third-order valence-electron chi connectivity index (χ3n) is 3.93. The molecule has 0 bridgehead atoms. The Labute approximate surface area is 123 Å². The zero-order valence-electron chi connectivity index (χ0n) is 12.1. The molecule has 0 aromatic heterocycles. The largest absolute Gasteiger partial charge is 0.586 e. The molecule has 2 heterocycles. The fourth-order valence-electron chi connectivity index (χ4n) is 2.82. The number of fused-ring (bicyclic) bond motifs is 1. The second-order valence-corrected chi connectivity index (χ2v) is 5.51. The molecule has 2 aliphatic rings. The zero-order chi connectivity index (χ0) is 14.9. The van der Waals surface area contributed by atoms with Crippen molar-refractivity contribution in [2.45, 2.75) is 38.5 Å². The van der Waals surface area contributed by atoms with Crippen LogP contribution in [0.5, 0.6) is 11.5 Å². The monoisotopic (exact) mass is 298 g/mol.